The highest BCUT2D eigenvalue weighted by Gasteiger charge is 2.50. The molecule has 4 aromatic carbocycles. The van der Waals surface area contributed by atoms with Crippen molar-refractivity contribution in [2.24, 2.45) is 0 Å². The third-order valence-corrected chi connectivity index (χ3v) is 18.9. The highest BCUT2D eigenvalue weighted by molar-refractivity contribution is 6.99. The van der Waals surface area contributed by atoms with Crippen LogP contribution >= 0.6 is 0 Å². The van der Waals surface area contributed by atoms with Gasteiger partial charge in [0, 0.05) is 22.9 Å². The Kier molecular flexibility index (Phi) is 9.29. The van der Waals surface area contributed by atoms with Crippen LogP contribution in [0.3, 0.4) is 0 Å². The van der Waals surface area contributed by atoms with Crippen LogP contribution in [-0.4, -0.2) is 40.9 Å². The second-order valence-corrected chi connectivity index (χ2v) is 23.5. The first kappa shape index (κ1) is 32.2. The third kappa shape index (κ3) is 6.45. The standard InChI is InChI=1S/C38H49NO3Si2/c1-37(2,3)43(7,8)42-29(28-40-35-25-17-24-34-36(35)32-22-15-16-23-33(32)39-34)26-27-41-44(38(4,5)6,30-18-11-9-12-19-30)31-20-13-10-14-21-31/h9-25,29,39H,26-28H2,1-8H3. The van der Waals surface area contributed by atoms with Crippen molar-refractivity contribution in [3.63, 3.8) is 0 Å². The van der Waals surface area contributed by atoms with Crippen LogP contribution in [0.25, 0.3) is 21.8 Å². The maximum atomic E-state index is 7.28. The van der Waals surface area contributed by atoms with E-state index >= 15 is 0 Å². The summed E-state index contributed by atoms with van der Waals surface area (Å²) in [5.74, 6) is 0.886. The topological polar surface area (TPSA) is 43.5 Å². The second kappa shape index (κ2) is 12.7. The molecule has 1 heterocycles. The monoisotopic (exact) mass is 623 g/mol. The number of para-hydroxylation sites is 1. The van der Waals surface area contributed by atoms with Gasteiger partial charge in [0.25, 0.3) is 8.32 Å². The minimum atomic E-state index is -2.65. The minimum Gasteiger partial charge on any atom is -0.490 e. The van der Waals surface area contributed by atoms with Crippen molar-refractivity contribution in [1.82, 2.24) is 4.98 Å². The van der Waals surface area contributed by atoms with E-state index in [9.17, 15) is 0 Å². The molecule has 5 rings (SSSR count). The van der Waals surface area contributed by atoms with Gasteiger partial charge < -0.3 is 18.6 Å². The van der Waals surface area contributed by atoms with Crippen molar-refractivity contribution in [2.45, 2.75) is 77.2 Å². The third-order valence-electron chi connectivity index (χ3n) is 9.36. The number of aromatic amines is 1. The number of hydrogen-bond acceptors (Lipinski definition) is 3. The summed E-state index contributed by atoms with van der Waals surface area (Å²) < 4.78 is 21.0. The summed E-state index contributed by atoms with van der Waals surface area (Å²) in [6.45, 7) is 19.6. The van der Waals surface area contributed by atoms with E-state index in [1.54, 1.807) is 0 Å². The SMILES string of the molecule is CC(C)(C)[Si](C)(C)OC(CCO[Si](c1ccccc1)(c1ccccc1)C(C)(C)C)COc1cccc2[nH]c3ccccc3c12. The van der Waals surface area contributed by atoms with Crippen molar-refractivity contribution < 1.29 is 13.6 Å². The molecule has 1 unspecified atom stereocenters. The Bertz CT molecular complexity index is 1630. The summed E-state index contributed by atoms with van der Waals surface area (Å²) in [5, 5.41) is 4.90. The second-order valence-electron chi connectivity index (χ2n) is 14.5. The van der Waals surface area contributed by atoms with Gasteiger partial charge in [-0.2, -0.15) is 0 Å². The average Bonchev–Trinajstić information content (AvgIpc) is 3.37. The molecule has 0 aliphatic rings. The van der Waals surface area contributed by atoms with E-state index in [0.29, 0.717) is 13.2 Å². The Hall–Kier alpha value is -3.17. The van der Waals surface area contributed by atoms with Crippen molar-refractivity contribution in [3.05, 3.63) is 103 Å². The molecule has 0 aliphatic heterocycles. The van der Waals surface area contributed by atoms with Gasteiger partial charge in [-0.05, 0) is 58.2 Å². The Balaban J connectivity index is 1.44. The molecule has 1 atom stereocenters. The van der Waals surface area contributed by atoms with E-state index in [0.717, 1.165) is 28.6 Å². The van der Waals surface area contributed by atoms with Gasteiger partial charge in [0.15, 0.2) is 8.32 Å². The average molecular weight is 624 g/mol. The smallest absolute Gasteiger partial charge is 0.261 e. The number of benzene rings is 4. The fraction of sp³-hybridized carbons (Fsp3) is 0.368. The van der Waals surface area contributed by atoms with E-state index in [2.05, 4.69) is 163 Å². The van der Waals surface area contributed by atoms with Crippen LogP contribution in [0.5, 0.6) is 5.75 Å². The van der Waals surface area contributed by atoms with Gasteiger partial charge >= 0.3 is 0 Å². The van der Waals surface area contributed by atoms with Gasteiger partial charge in [-0.25, -0.2) is 0 Å². The van der Waals surface area contributed by atoms with E-state index in [1.807, 2.05) is 0 Å². The van der Waals surface area contributed by atoms with E-state index in [-0.39, 0.29) is 16.2 Å². The van der Waals surface area contributed by atoms with Gasteiger partial charge in [0.1, 0.15) is 12.4 Å². The first-order chi connectivity index (χ1) is 20.8. The Morgan fingerprint density at radius 3 is 1.82 bits per heavy atom. The van der Waals surface area contributed by atoms with Crippen molar-refractivity contribution in [3.8, 4) is 5.75 Å². The molecular weight excluding hydrogens is 575 g/mol. The lowest BCUT2D eigenvalue weighted by Gasteiger charge is -2.43. The van der Waals surface area contributed by atoms with Crippen LogP contribution in [0.4, 0.5) is 0 Å². The largest absolute Gasteiger partial charge is 0.490 e. The van der Waals surface area contributed by atoms with Crippen LogP contribution in [-0.2, 0) is 8.85 Å². The Labute approximate surface area is 266 Å². The summed E-state index contributed by atoms with van der Waals surface area (Å²) in [6, 6.07) is 36.4. The first-order valence-corrected chi connectivity index (χ1v) is 20.7. The van der Waals surface area contributed by atoms with Gasteiger partial charge in [-0.1, -0.05) is 126 Å². The van der Waals surface area contributed by atoms with Crippen molar-refractivity contribution >= 4 is 48.8 Å². The maximum Gasteiger partial charge on any atom is 0.261 e. The normalized spacial score (nSPS) is 13.8. The van der Waals surface area contributed by atoms with E-state index in [1.165, 1.54) is 15.8 Å². The van der Waals surface area contributed by atoms with E-state index < -0.39 is 16.6 Å². The molecule has 5 aromatic rings. The van der Waals surface area contributed by atoms with Crippen molar-refractivity contribution in [2.75, 3.05) is 13.2 Å². The molecule has 0 bridgehead atoms. The number of hydrogen-bond donors (Lipinski definition) is 1. The molecular formula is C38H49NO3Si2. The fourth-order valence-corrected chi connectivity index (χ4v) is 12.0. The lowest BCUT2D eigenvalue weighted by atomic mass is 10.1. The predicted molar refractivity (Wildman–Crippen MR) is 192 cm³/mol. The molecule has 4 nitrogen and oxygen atoms in total. The van der Waals surface area contributed by atoms with E-state index in [4.69, 9.17) is 13.6 Å². The van der Waals surface area contributed by atoms with Gasteiger partial charge in [0.05, 0.1) is 11.6 Å². The first-order valence-electron chi connectivity index (χ1n) is 15.9. The van der Waals surface area contributed by atoms with Gasteiger partial charge in [-0.15, -0.1) is 0 Å². The summed E-state index contributed by atoms with van der Waals surface area (Å²) in [4.78, 5) is 3.54. The Morgan fingerprint density at radius 1 is 0.659 bits per heavy atom. The van der Waals surface area contributed by atoms with Crippen LogP contribution in [0.2, 0.25) is 23.2 Å². The summed E-state index contributed by atoms with van der Waals surface area (Å²) >= 11 is 0. The molecule has 0 fully saturated rings. The zero-order valence-corrected chi connectivity index (χ0v) is 29.7. The number of fused-ring (bicyclic) bond motifs is 3. The predicted octanol–water partition coefficient (Wildman–Crippen LogP) is 9.06. The van der Waals surface area contributed by atoms with Crippen LogP contribution in [0.1, 0.15) is 48.0 Å². The fourth-order valence-electron chi connectivity index (χ4n) is 6.05. The zero-order chi connectivity index (χ0) is 31.6. The molecule has 0 spiro atoms. The molecule has 44 heavy (non-hydrogen) atoms. The number of ether oxygens (including phenoxy) is 1. The van der Waals surface area contributed by atoms with Crippen LogP contribution in [0, 0.1) is 0 Å². The quantitative estimate of drug-likeness (QED) is 0.149. The zero-order valence-electron chi connectivity index (χ0n) is 27.7. The number of rotatable bonds is 11. The maximum absolute atomic E-state index is 7.28. The summed E-state index contributed by atoms with van der Waals surface area (Å²) in [7, 11) is -4.73. The molecule has 0 saturated carbocycles. The Morgan fingerprint density at radius 2 is 1.23 bits per heavy atom. The van der Waals surface area contributed by atoms with Crippen LogP contribution < -0.4 is 15.1 Å². The molecule has 0 aliphatic carbocycles. The van der Waals surface area contributed by atoms with Gasteiger partial charge in [0.2, 0.25) is 0 Å². The molecule has 1 aromatic heterocycles. The number of nitrogens with one attached hydrogen (secondary N) is 1. The summed E-state index contributed by atoms with van der Waals surface area (Å²) in [6.07, 6.45) is 0.649. The number of aromatic nitrogens is 1. The van der Waals surface area contributed by atoms with Gasteiger partial charge in [-0.3, -0.25) is 0 Å². The lowest BCUT2D eigenvalue weighted by Crippen LogP contribution is -2.66. The molecule has 0 amide bonds. The highest BCUT2D eigenvalue weighted by atomic mass is 28.4. The molecule has 0 saturated heterocycles. The lowest BCUT2D eigenvalue weighted by molar-refractivity contribution is 0.0924. The number of H-pyrrole nitrogens is 1. The molecule has 232 valence electrons. The molecule has 1 N–H and O–H groups in total. The van der Waals surface area contributed by atoms with Crippen LogP contribution in [0.15, 0.2) is 103 Å². The molecule has 6 heteroatoms. The minimum absolute atomic E-state index is 0.0764. The highest BCUT2D eigenvalue weighted by Crippen LogP contribution is 2.39. The summed E-state index contributed by atoms with van der Waals surface area (Å²) in [5.41, 5.74) is 2.20. The molecule has 0 radical (unpaired) electrons. The van der Waals surface area contributed by atoms with Crippen molar-refractivity contribution in [1.29, 1.82) is 0 Å².